The molecule has 116 valence electrons. The van der Waals surface area contributed by atoms with E-state index >= 15 is 0 Å². The molecule has 0 bridgehead atoms. The number of sulfonamides is 1. The van der Waals surface area contributed by atoms with E-state index in [1.54, 1.807) is 0 Å². The van der Waals surface area contributed by atoms with Crippen LogP contribution in [-0.2, 0) is 14.8 Å². The summed E-state index contributed by atoms with van der Waals surface area (Å²) < 4.78 is 43.5. The summed E-state index contributed by atoms with van der Waals surface area (Å²) in [6.07, 6.45) is 3.41. The highest BCUT2D eigenvalue weighted by Crippen LogP contribution is 2.26. The Hall–Kier alpha value is -1.32. The Kier molecular flexibility index (Phi) is 3.80. The Balaban J connectivity index is 1.74. The van der Waals surface area contributed by atoms with Crippen molar-refractivity contribution in [1.29, 1.82) is 0 Å². The topological polar surface area (TPSA) is 75.6 Å². The molecule has 0 N–H and O–H groups in total. The number of anilines is 1. The van der Waals surface area contributed by atoms with Crippen molar-refractivity contribution in [3.63, 3.8) is 0 Å². The van der Waals surface area contributed by atoms with Crippen LogP contribution in [0, 0.1) is 11.7 Å². The summed E-state index contributed by atoms with van der Waals surface area (Å²) in [5, 5.41) is 0. The Morgan fingerprint density at radius 3 is 2.67 bits per heavy atom. The smallest absolute Gasteiger partial charge is 0.225 e. The molecule has 2 atom stereocenters. The highest BCUT2D eigenvalue weighted by Gasteiger charge is 2.39. The monoisotopic (exact) mass is 316 g/mol. The molecule has 0 saturated carbocycles. The van der Waals surface area contributed by atoms with Gasteiger partial charge in [0.15, 0.2) is 5.82 Å². The molecule has 2 aliphatic heterocycles. The van der Waals surface area contributed by atoms with Gasteiger partial charge in [0.2, 0.25) is 16.0 Å². The Labute approximate surface area is 122 Å². The number of rotatable bonds is 2. The van der Waals surface area contributed by atoms with E-state index < -0.39 is 15.8 Å². The van der Waals surface area contributed by atoms with E-state index in [1.165, 1.54) is 10.6 Å². The lowest BCUT2D eigenvalue weighted by molar-refractivity contribution is 0.0583. The fourth-order valence-corrected chi connectivity index (χ4v) is 3.67. The maximum absolute atomic E-state index is 12.9. The van der Waals surface area contributed by atoms with Gasteiger partial charge < -0.3 is 9.64 Å². The highest BCUT2D eigenvalue weighted by atomic mass is 32.2. The summed E-state index contributed by atoms with van der Waals surface area (Å²) in [5.41, 5.74) is 0. The molecular formula is C12H17FN4O3S. The van der Waals surface area contributed by atoms with E-state index in [0.29, 0.717) is 38.7 Å². The van der Waals surface area contributed by atoms with E-state index in [-0.39, 0.29) is 12.0 Å². The van der Waals surface area contributed by atoms with Crippen LogP contribution >= 0.6 is 0 Å². The minimum atomic E-state index is -3.22. The normalized spacial score (nSPS) is 27.4. The number of ether oxygens (including phenoxy) is 1. The molecular weight excluding hydrogens is 299 g/mol. The number of aromatic nitrogens is 2. The summed E-state index contributed by atoms with van der Waals surface area (Å²) in [5.74, 6) is 0.0292. The van der Waals surface area contributed by atoms with Gasteiger partial charge in [0.1, 0.15) is 0 Å². The van der Waals surface area contributed by atoms with Gasteiger partial charge in [-0.3, -0.25) is 0 Å². The van der Waals surface area contributed by atoms with Crippen molar-refractivity contribution in [3.8, 4) is 0 Å². The van der Waals surface area contributed by atoms with E-state index in [0.717, 1.165) is 12.4 Å². The van der Waals surface area contributed by atoms with Crippen molar-refractivity contribution < 1.29 is 17.5 Å². The van der Waals surface area contributed by atoms with Gasteiger partial charge in [0.05, 0.1) is 31.4 Å². The first-order chi connectivity index (χ1) is 9.93. The molecule has 3 rings (SSSR count). The third kappa shape index (κ3) is 3.14. The Morgan fingerprint density at radius 2 is 2.00 bits per heavy atom. The molecule has 9 heteroatoms. The van der Waals surface area contributed by atoms with Crippen LogP contribution in [0.4, 0.5) is 10.3 Å². The van der Waals surface area contributed by atoms with Crippen LogP contribution < -0.4 is 4.90 Å². The molecule has 0 aromatic carbocycles. The van der Waals surface area contributed by atoms with Gasteiger partial charge in [0, 0.05) is 32.1 Å². The van der Waals surface area contributed by atoms with E-state index in [4.69, 9.17) is 4.74 Å². The summed E-state index contributed by atoms with van der Waals surface area (Å²) in [4.78, 5) is 9.83. The lowest BCUT2D eigenvalue weighted by Crippen LogP contribution is -2.36. The van der Waals surface area contributed by atoms with Crippen LogP contribution in [0.1, 0.15) is 0 Å². The lowest BCUT2D eigenvalue weighted by Gasteiger charge is -2.21. The molecule has 2 fully saturated rings. The fraction of sp³-hybridized carbons (Fsp3) is 0.667. The lowest BCUT2D eigenvalue weighted by atomic mass is 10.1. The molecule has 0 aliphatic carbocycles. The van der Waals surface area contributed by atoms with Crippen LogP contribution in [0.5, 0.6) is 0 Å². The van der Waals surface area contributed by atoms with Crippen molar-refractivity contribution >= 4 is 16.0 Å². The third-order valence-electron chi connectivity index (χ3n) is 3.85. The zero-order valence-electron chi connectivity index (χ0n) is 11.6. The van der Waals surface area contributed by atoms with E-state index in [1.807, 2.05) is 4.90 Å². The van der Waals surface area contributed by atoms with Gasteiger partial charge >= 0.3 is 0 Å². The first-order valence-electron chi connectivity index (χ1n) is 6.73. The summed E-state index contributed by atoms with van der Waals surface area (Å²) in [6, 6.07) is 0. The maximum Gasteiger partial charge on any atom is 0.225 e. The van der Waals surface area contributed by atoms with Crippen LogP contribution in [0.2, 0.25) is 0 Å². The molecule has 0 unspecified atom stereocenters. The number of halogens is 1. The quantitative estimate of drug-likeness (QED) is 0.746. The molecule has 2 aliphatic rings. The Morgan fingerprint density at radius 1 is 1.29 bits per heavy atom. The van der Waals surface area contributed by atoms with Crippen molar-refractivity contribution in [2.45, 2.75) is 6.10 Å². The first-order valence-corrected chi connectivity index (χ1v) is 8.57. The standard InChI is InChI=1S/C12H17FN4O3S/c1-21(18,19)17-2-3-20-11-8-16(6-9(11)7-17)12-14-4-10(13)5-15-12/h4-5,9,11H,2-3,6-8H2,1H3/t9-,11-/m1/s1. The predicted octanol–water partition coefficient (Wildman–Crippen LogP) is -0.288. The zero-order valence-corrected chi connectivity index (χ0v) is 12.5. The molecule has 0 amide bonds. The number of fused-ring (bicyclic) bond motifs is 1. The second-order valence-corrected chi connectivity index (χ2v) is 7.38. The third-order valence-corrected chi connectivity index (χ3v) is 5.12. The fourth-order valence-electron chi connectivity index (χ4n) is 2.80. The molecule has 1 aromatic rings. The molecule has 7 nitrogen and oxygen atoms in total. The van der Waals surface area contributed by atoms with Gasteiger partial charge in [-0.25, -0.2) is 22.8 Å². The van der Waals surface area contributed by atoms with E-state index in [2.05, 4.69) is 9.97 Å². The SMILES string of the molecule is CS(=O)(=O)N1CCO[C@@H]2CN(c3ncc(F)cn3)C[C@@H]2C1. The van der Waals surface area contributed by atoms with Crippen molar-refractivity contribution in [1.82, 2.24) is 14.3 Å². The largest absolute Gasteiger partial charge is 0.375 e. The molecule has 21 heavy (non-hydrogen) atoms. The van der Waals surface area contributed by atoms with Gasteiger partial charge in [-0.1, -0.05) is 0 Å². The average molecular weight is 316 g/mol. The van der Waals surface area contributed by atoms with Gasteiger partial charge in [0.25, 0.3) is 0 Å². The van der Waals surface area contributed by atoms with Crippen LogP contribution in [0.25, 0.3) is 0 Å². The first kappa shape index (κ1) is 14.6. The maximum atomic E-state index is 12.9. The predicted molar refractivity (Wildman–Crippen MR) is 73.8 cm³/mol. The second-order valence-electron chi connectivity index (χ2n) is 5.40. The number of nitrogens with zero attached hydrogens (tertiary/aromatic N) is 4. The van der Waals surface area contributed by atoms with Crippen LogP contribution in [0.15, 0.2) is 12.4 Å². The summed E-state index contributed by atoms with van der Waals surface area (Å²) in [6.45, 7) is 2.39. The molecule has 0 spiro atoms. The molecule has 3 heterocycles. The van der Waals surface area contributed by atoms with E-state index in [9.17, 15) is 12.8 Å². The Bertz CT molecular complexity index is 609. The zero-order chi connectivity index (χ0) is 15.0. The van der Waals surface area contributed by atoms with Gasteiger partial charge in [-0.05, 0) is 0 Å². The second kappa shape index (κ2) is 5.47. The van der Waals surface area contributed by atoms with Crippen LogP contribution in [-0.4, -0.2) is 67.8 Å². The van der Waals surface area contributed by atoms with Gasteiger partial charge in [-0.2, -0.15) is 4.31 Å². The average Bonchev–Trinajstić information content (AvgIpc) is 2.70. The van der Waals surface area contributed by atoms with Crippen molar-refractivity contribution in [2.24, 2.45) is 5.92 Å². The molecule has 0 radical (unpaired) electrons. The van der Waals surface area contributed by atoms with Gasteiger partial charge in [-0.15, -0.1) is 0 Å². The van der Waals surface area contributed by atoms with Crippen molar-refractivity contribution in [3.05, 3.63) is 18.2 Å². The minimum Gasteiger partial charge on any atom is -0.375 e. The highest BCUT2D eigenvalue weighted by molar-refractivity contribution is 7.88. The number of hydrogen-bond acceptors (Lipinski definition) is 6. The number of hydrogen-bond donors (Lipinski definition) is 0. The van der Waals surface area contributed by atoms with Crippen LogP contribution in [0.3, 0.4) is 0 Å². The minimum absolute atomic E-state index is 0.0506. The van der Waals surface area contributed by atoms with Crippen molar-refractivity contribution in [2.75, 3.05) is 43.9 Å². The molecule has 1 aromatic heterocycles. The summed E-state index contributed by atoms with van der Waals surface area (Å²) in [7, 11) is -3.22. The summed E-state index contributed by atoms with van der Waals surface area (Å²) >= 11 is 0. The molecule has 2 saturated heterocycles.